The Bertz CT molecular complexity index is 828. The molecule has 6 heteroatoms. The first-order valence-electron chi connectivity index (χ1n) is 7.16. The zero-order valence-corrected chi connectivity index (χ0v) is 12.6. The van der Waals surface area contributed by atoms with Crippen molar-refractivity contribution in [2.24, 2.45) is 0 Å². The van der Waals surface area contributed by atoms with Gasteiger partial charge in [-0.1, -0.05) is 12.1 Å². The Labute approximate surface area is 133 Å². The molecule has 0 fully saturated rings. The third-order valence-corrected chi connectivity index (χ3v) is 3.52. The SMILES string of the molecule is Cc1cccc(C(=O)NCc2ncc(-c3ccncc3)[nH]2)c1O. The van der Waals surface area contributed by atoms with Gasteiger partial charge in [0.15, 0.2) is 0 Å². The van der Waals surface area contributed by atoms with E-state index in [0.717, 1.165) is 11.3 Å². The predicted octanol–water partition coefficient (Wildman–Crippen LogP) is 2.42. The molecule has 3 rings (SSSR count). The second kappa shape index (κ2) is 6.31. The second-order valence-electron chi connectivity index (χ2n) is 5.13. The first-order valence-corrected chi connectivity index (χ1v) is 7.16. The number of benzene rings is 1. The van der Waals surface area contributed by atoms with Crippen LogP contribution in [0.2, 0.25) is 0 Å². The Kier molecular flexibility index (Phi) is 4.05. The van der Waals surface area contributed by atoms with E-state index >= 15 is 0 Å². The van der Waals surface area contributed by atoms with Gasteiger partial charge >= 0.3 is 0 Å². The lowest BCUT2D eigenvalue weighted by atomic mass is 10.1. The van der Waals surface area contributed by atoms with Gasteiger partial charge in [0.2, 0.25) is 0 Å². The van der Waals surface area contributed by atoms with E-state index in [1.165, 1.54) is 0 Å². The maximum atomic E-state index is 12.1. The number of hydrogen-bond donors (Lipinski definition) is 3. The monoisotopic (exact) mass is 308 g/mol. The van der Waals surface area contributed by atoms with Gasteiger partial charge in [0.25, 0.3) is 5.91 Å². The van der Waals surface area contributed by atoms with E-state index in [1.54, 1.807) is 43.7 Å². The number of rotatable bonds is 4. The van der Waals surface area contributed by atoms with Crippen LogP contribution in [0.15, 0.2) is 48.9 Å². The fourth-order valence-corrected chi connectivity index (χ4v) is 2.23. The number of H-pyrrole nitrogens is 1. The van der Waals surface area contributed by atoms with Crippen molar-refractivity contribution in [3.05, 3.63) is 65.9 Å². The Hall–Kier alpha value is -3.15. The molecular weight excluding hydrogens is 292 g/mol. The van der Waals surface area contributed by atoms with Crippen LogP contribution >= 0.6 is 0 Å². The first-order chi connectivity index (χ1) is 11.1. The number of nitrogens with zero attached hydrogens (tertiary/aromatic N) is 2. The molecule has 1 aromatic carbocycles. The molecule has 0 bridgehead atoms. The summed E-state index contributed by atoms with van der Waals surface area (Å²) in [7, 11) is 0. The highest BCUT2D eigenvalue weighted by Crippen LogP contribution is 2.21. The van der Waals surface area contributed by atoms with Crippen LogP contribution in [0.4, 0.5) is 0 Å². The Morgan fingerprint density at radius 3 is 2.83 bits per heavy atom. The summed E-state index contributed by atoms with van der Waals surface area (Å²) in [5.41, 5.74) is 2.75. The number of phenols is 1. The molecule has 2 aromatic heterocycles. The fourth-order valence-electron chi connectivity index (χ4n) is 2.23. The van der Waals surface area contributed by atoms with E-state index in [1.807, 2.05) is 12.1 Å². The molecule has 0 atom stereocenters. The highest BCUT2D eigenvalue weighted by Gasteiger charge is 2.12. The summed E-state index contributed by atoms with van der Waals surface area (Å²) in [6.07, 6.45) is 5.12. The molecule has 0 saturated carbocycles. The van der Waals surface area contributed by atoms with Crippen molar-refractivity contribution >= 4 is 5.91 Å². The number of nitrogens with one attached hydrogen (secondary N) is 2. The zero-order valence-electron chi connectivity index (χ0n) is 12.6. The molecule has 0 spiro atoms. The number of carbonyl (C=O) groups excluding carboxylic acids is 1. The van der Waals surface area contributed by atoms with Gasteiger partial charge < -0.3 is 15.4 Å². The van der Waals surface area contributed by atoms with Gasteiger partial charge in [-0.05, 0) is 30.7 Å². The average Bonchev–Trinajstić information content (AvgIpc) is 3.05. The minimum Gasteiger partial charge on any atom is -0.507 e. The van der Waals surface area contributed by atoms with Crippen molar-refractivity contribution in [3.63, 3.8) is 0 Å². The summed E-state index contributed by atoms with van der Waals surface area (Å²) in [5.74, 6) is 0.298. The number of aromatic amines is 1. The lowest BCUT2D eigenvalue weighted by Gasteiger charge is -2.07. The average molecular weight is 308 g/mol. The highest BCUT2D eigenvalue weighted by atomic mass is 16.3. The summed E-state index contributed by atoms with van der Waals surface area (Å²) in [6.45, 7) is 2.00. The maximum Gasteiger partial charge on any atom is 0.255 e. The largest absolute Gasteiger partial charge is 0.507 e. The standard InChI is InChI=1S/C17H16N4O2/c1-11-3-2-4-13(16(11)22)17(23)20-10-15-19-9-14(21-15)12-5-7-18-8-6-12/h2-9,22H,10H2,1H3,(H,19,21)(H,20,23). The quantitative estimate of drug-likeness (QED) is 0.690. The number of aromatic nitrogens is 3. The highest BCUT2D eigenvalue weighted by molar-refractivity contribution is 5.97. The molecule has 1 amide bonds. The van der Waals surface area contributed by atoms with E-state index in [-0.39, 0.29) is 23.8 Å². The van der Waals surface area contributed by atoms with Gasteiger partial charge in [-0.2, -0.15) is 0 Å². The van der Waals surface area contributed by atoms with Gasteiger partial charge in [-0.25, -0.2) is 4.98 Å². The molecule has 0 aliphatic carbocycles. The third-order valence-electron chi connectivity index (χ3n) is 3.52. The van der Waals surface area contributed by atoms with Crippen molar-refractivity contribution in [3.8, 4) is 17.0 Å². The zero-order chi connectivity index (χ0) is 16.2. The Balaban J connectivity index is 1.68. The molecule has 0 unspecified atom stereocenters. The molecular formula is C17H16N4O2. The smallest absolute Gasteiger partial charge is 0.255 e. The minimum atomic E-state index is -0.340. The molecule has 3 N–H and O–H groups in total. The number of pyridine rings is 1. The van der Waals surface area contributed by atoms with Gasteiger partial charge in [0.1, 0.15) is 11.6 Å². The van der Waals surface area contributed by atoms with Crippen LogP contribution in [0.3, 0.4) is 0 Å². The van der Waals surface area contributed by atoms with Gasteiger partial charge in [0.05, 0.1) is 24.0 Å². The van der Waals surface area contributed by atoms with Crippen LogP contribution in [-0.4, -0.2) is 26.0 Å². The Morgan fingerprint density at radius 1 is 1.26 bits per heavy atom. The molecule has 6 nitrogen and oxygen atoms in total. The van der Waals surface area contributed by atoms with Crippen LogP contribution in [0.1, 0.15) is 21.7 Å². The summed E-state index contributed by atoms with van der Waals surface area (Å²) < 4.78 is 0. The number of para-hydroxylation sites is 1. The van der Waals surface area contributed by atoms with Crippen LogP contribution in [0.5, 0.6) is 5.75 Å². The number of amides is 1. The molecule has 0 radical (unpaired) electrons. The van der Waals surface area contributed by atoms with Gasteiger partial charge in [-0.15, -0.1) is 0 Å². The Morgan fingerprint density at radius 2 is 2.04 bits per heavy atom. The second-order valence-corrected chi connectivity index (χ2v) is 5.13. The normalized spacial score (nSPS) is 10.5. The van der Waals surface area contributed by atoms with E-state index in [0.29, 0.717) is 11.4 Å². The first kappa shape index (κ1) is 14.8. The van der Waals surface area contributed by atoms with E-state index in [2.05, 4.69) is 20.3 Å². The predicted molar refractivity (Wildman–Crippen MR) is 85.8 cm³/mol. The van der Waals surface area contributed by atoms with Crippen molar-refractivity contribution in [1.29, 1.82) is 0 Å². The van der Waals surface area contributed by atoms with Crippen LogP contribution in [-0.2, 0) is 6.54 Å². The molecule has 3 aromatic rings. The van der Waals surface area contributed by atoms with E-state index in [4.69, 9.17) is 0 Å². The number of imidazole rings is 1. The summed E-state index contributed by atoms with van der Waals surface area (Å²) in [6, 6.07) is 8.82. The summed E-state index contributed by atoms with van der Waals surface area (Å²) in [5, 5.41) is 12.7. The van der Waals surface area contributed by atoms with Crippen molar-refractivity contribution in [2.45, 2.75) is 13.5 Å². The lowest BCUT2D eigenvalue weighted by Crippen LogP contribution is -2.23. The molecule has 0 saturated heterocycles. The molecule has 23 heavy (non-hydrogen) atoms. The minimum absolute atomic E-state index is 0.00178. The molecule has 2 heterocycles. The van der Waals surface area contributed by atoms with Gasteiger partial charge in [0, 0.05) is 18.0 Å². The van der Waals surface area contributed by atoms with Crippen LogP contribution in [0.25, 0.3) is 11.3 Å². The van der Waals surface area contributed by atoms with E-state index in [9.17, 15) is 9.90 Å². The molecule has 0 aliphatic rings. The summed E-state index contributed by atoms with van der Waals surface area (Å²) in [4.78, 5) is 23.5. The number of aromatic hydroxyl groups is 1. The molecule has 0 aliphatic heterocycles. The number of phenolic OH excluding ortho intramolecular Hbond substituents is 1. The maximum absolute atomic E-state index is 12.1. The number of aryl methyl sites for hydroxylation is 1. The fraction of sp³-hybridized carbons (Fsp3) is 0.118. The topological polar surface area (TPSA) is 90.9 Å². The lowest BCUT2D eigenvalue weighted by molar-refractivity contribution is 0.0947. The third kappa shape index (κ3) is 3.21. The number of carbonyl (C=O) groups is 1. The summed E-state index contributed by atoms with van der Waals surface area (Å²) >= 11 is 0. The molecule has 116 valence electrons. The van der Waals surface area contributed by atoms with E-state index < -0.39 is 0 Å². The van der Waals surface area contributed by atoms with Crippen LogP contribution < -0.4 is 5.32 Å². The van der Waals surface area contributed by atoms with Crippen LogP contribution in [0, 0.1) is 6.92 Å². The number of hydrogen-bond acceptors (Lipinski definition) is 4. The van der Waals surface area contributed by atoms with Crippen molar-refractivity contribution in [2.75, 3.05) is 0 Å². The van der Waals surface area contributed by atoms with Crippen molar-refractivity contribution in [1.82, 2.24) is 20.3 Å². The van der Waals surface area contributed by atoms with Crippen molar-refractivity contribution < 1.29 is 9.90 Å². The van der Waals surface area contributed by atoms with Gasteiger partial charge in [-0.3, -0.25) is 9.78 Å².